The van der Waals surface area contributed by atoms with Gasteiger partial charge in [0.05, 0.1) is 0 Å². The van der Waals surface area contributed by atoms with Crippen molar-refractivity contribution in [1.82, 2.24) is 10.2 Å². The van der Waals surface area contributed by atoms with Crippen molar-refractivity contribution in [2.45, 2.75) is 52.6 Å². The quantitative estimate of drug-likeness (QED) is 0.762. The highest BCUT2D eigenvalue weighted by atomic mass is 35.5. The number of carbonyl (C=O) groups is 2. The van der Waals surface area contributed by atoms with Gasteiger partial charge >= 0.3 is 0 Å². The maximum Gasteiger partial charge on any atom is 0.242 e. The third-order valence-electron chi connectivity index (χ3n) is 3.57. The minimum atomic E-state index is -0.576. The van der Waals surface area contributed by atoms with E-state index in [1.165, 1.54) is 0 Å². The SMILES string of the molecule is CCCNC(=O)C(C)N(Cc1c(Cl)cccc1Cl)C(=O)CCC. The number of nitrogens with zero attached hydrogens (tertiary/aromatic N) is 1. The van der Waals surface area contributed by atoms with Gasteiger partial charge in [0, 0.05) is 35.1 Å². The largest absolute Gasteiger partial charge is 0.354 e. The minimum absolute atomic E-state index is 0.0809. The minimum Gasteiger partial charge on any atom is -0.354 e. The third kappa shape index (κ3) is 5.70. The zero-order valence-corrected chi connectivity index (χ0v) is 15.4. The highest BCUT2D eigenvalue weighted by Crippen LogP contribution is 2.26. The van der Waals surface area contributed by atoms with Gasteiger partial charge in [0.2, 0.25) is 11.8 Å². The molecule has 1 aromatic carbocycles. The summed E-state index contributed by atoms with van der Waals surface area (Å²) < 4.78 is 0. The van der Waals surface area contributed by atoms with E-state index in [0.29, 0.717) is 28.6 Å². The summed E-state index contributed by atoms with van der Waals surface area (Å²) in [7, 11) is 0. The molecule has 0 bridgehead atoms. The number of halogens is 2. The van der Waals surface area contributed by atoms with Crippen LogP contribution in [0.25, 0.3) is 0 Å². The van der Waals surface area contributed by atoms with Crippen LogP contribution in [0, 0.1) is 0 Å². The fourth-order valence-corrected chi connectivity index (χ4v) is 2.71. The van der Waals surface area contributed by atoms with Crippen LogP contribution < -0.4 is 5.32 Å². The number of rotatable bonds is 8. The first-order valence-corrected chi connectivity index (χ1v) is 8.68. The van der Waals surface area contributed by atoms with Crippen LogP contribution in [0.4, 0.5) is 0 Å². The summed E-state index contributed by atoms with van der Waals surface area (Å²) >= 11 is 12.4. The van der Waals surface area contributed by atoms with E-state index >= 15 is 0 Å². The number of hydrogen-bond acceptors (Lipinski definition) is 2. The summed E-state index contributed by atoms with van der Waals surface area (Å²) in [5.41, 5.74) is 0.662. The molecule has 0 radical (unpaired) electrons. The molecule has 1 N–H and O–H groups in total. The van der Waals surface area contributed by atoms with E-state index in [1.807, 2.05) is 13.8 Å². The Morgan fingerprint density at radius 1 is 1.17 bits per heavy atom. The molecule has 4 nitrogen and oxygen atoms in total. The van der Waals surface area contributed by atoms with Gasteiger partial charge in [-0.15, -0.1) is 0 Å². The number of benzene rings is 1. The summed E-state index contributed by atoms with van der Waals surface area (Å²) in [6, 6.07) is 4.64. The average Bonchev–Trinajstić information content (AvgIpc) is 2.52. The van der Waals surface area contributed by atoms with E-state index in [1.54, 1.807) is 30.0 Å². The Morgan fingerprint density at radius 2 is 1.78 bits per heavy atom. The summed E-state index contributed by atoms with van der Waals surface area (Å²) in [5.74, 6) is -0.248. The highest BCUT2D eigenvalue weighted by molar-refractivity contribution is 6.36. The third-order valence-corrected chi connectivity index (χ3v) is 4.28. The first kappa shape index (κ1) is 19.8. The summed E-state index contributed by atoms with van der Waals surface area (Å²) in [4.78, 5) is 26.2. The smallest absolute Gasteiger partial charge is 0.242 e. The molecule has 0 aliphatic heterocycles. The molecule has 0 saturated carbocycles. The second kappa shape index (κ2) is 9.78. The van der Waals surface area contributed by atoms with Crippen molar-refractivity contribution in [2.24, 2.45) is 0 Å². The molecule has 23 heavy (non-hydrogen) atoms. The lowest BCUT2D eigenvalue weighted by molar-refractivity contribution is -0.140. The molecule has 1 unspecified atom stereocenters. The van der Waals surface area contributed by atoms with Crippen LogP contribution in [-0.2, 0) is 16.1 Å². The Kier molecular flexibility index (Phi) is 8.42. The van der Waals surface area contributed by atoms with Crippen LogP contribution in [0.15, 0.2) is 18.2 Å². The Bertz CT molecular complexity index is 529. The van der Waals surface area contributed by atoms with E-state index in [4.69, 9.17) is 23.2 Å². The van der Waals surface area contributed by atoms with Crippen molar-refractivity contribution in [3.8, 4) is 0 Å². The number of amides is 2. The van der Waals surface area contributed by atoms with Crippen molar-refractivity contribution in [1.29, 1.82) is 0 Å². The first-order chi connectivity index (χ1) is 10.9. The van der Waals surface area contributed by atoms with E-state index in [2.05, 4.69) is 5.32 Å². The lowest BCUT2D eigenvalue weighted by Gasteiger charge is -2.29. The van der Waals surface area contributed by atoms with Gasteiger partial charge in [0.15, 0.2) is 0 Å². The van der Waals surface area contributed by atoms with Gasteiger partial charge < -0.3 is 10.2 Å². The van der Waals surface area contributed by atoms with Gasteiger partial charge in [0.25, 0.3) is 0 Å². The number of carbonyl (C=O) groups excluding carboxylic acids is 2. The Balaban J connectivity index is 3.01. The predicted molar refractivity (Wildman–Crippen MR) is 94.7 cm³/mol. The molecule has 1 rings (SSSR count). The molecule has 0 aromatic heterocycles. The lowest BCUT2D eigenvalue weighted by atomic mass is 10.1. The Hall–Kier alpha value is -1.26. The lowest BCUT2D eigenvalue weighted by Crippen LogP contribution is -2.47. The van der Waals surface area contributed by atoms with Gasteiger partial charge in [-0.3, -0.25) is 9.59 Å². The van der Waals surface area contributed by atoms with Gasteiger partial charge in [0.1, 0.15) is 6.04 Å². The molecule has 0 saturated heterocycles. The average molecular weight is 359 g/mol. The molecule has 0 spiro atoms. The maximum absolute atomic E-state index is 12.4. The highest BCUT2D eigenvalue weighted by Gasteiger charge is 2.26. The second-order valence-corrected chi connectivity index (χ2v) is 6.25. The standard InChI is InChI=1S/C17H24Cl2N2O2/c1-4-7-16(22)21(12(3)17(23)20-10-5-2)11-13-14(18)8-6-9-15(13)19/h6,8-9,12H,4-5,7,10-11H2,1-3H3,(H,20,23). The molecule has 1 aromatic rings. The van der Waals surface area contributed by atoms with Crippen LogP contribution in [0.2, 0.25) is 10.0 Å². The van der Waals surface area contributed by atoms with Crippen LogP contribution in [0.3, 0.4) is 0 Å². The van der Waals surface area contributed by atoms with Gasteiger partial charge in [-0.05, 0) is 31.9 Å². The molecule has 128 valence electrons. The van der Waals surface area contributed by atoms with Crippen molar-refractivity contribution < 1.29 is 9.59 Å². The van der Waals surface area contributed by atoms with Crippen LogP contribution in [0.1, 0.15) is 45.6 Å². The van der Waals surface area contributed by atoms with Gasteiger partial charge in [-0.2, -0.15) is 0 Å². The summed E-state index contributed by atoms with van der Waals surface area (Å²) in [6.45, 7) is 6.45. The molecular formula is C17H24Cl2N2O2. The van der Waals surface area contributed by atoms with Crippen LogP contribution in [0.5, 0.6) is 0 Å². The van der Waals surface area contributed by atoms with Crippen molar-refractivity contribution in [2.75, 3.05) is 6.54 Å². The van der Waals surface area contributed by atoms with Crippen molar-refractivity contribution in [3.05, 3.63) is 33.8 Å². The molecule has 0 heterocycles. The topological polar surface area (TPSA) is 49.4 Å². The normalized spacial score (nSPS) is 11.9. The Morgan fingerprint density at radius 3 is 2.30 bits per heavy atom. The molecule has 2 amide bonds. The second-order valence-electron chi connectivity index (χ2n) is 5.44. The van der Waals surface area contributed by atoms with Crippen molar-refractivity contribution in [3.63, 3.8) is 0 Å². The Labute approximate surface area is 148 Å². The van der Waals surface area contributed by atoms with Crippen LogP contribution in [-0.4, -0.2) is 29.3 Å². The molecule has 6 heteroatoms. The van der Waals surface area contributed by atoms with Crippen LogP contribution >= 0.6 is 23.2 Å². The molecule has 0 aliphatic rings. The monoisotopic (exact) mass is 358 g/mol. The molecular weight excluding hydrogens is 335 g/mol. The molecule has 0 fully saturated rings. The van der Waals surface area contributed by atoms with Crippen molar-refractivity contribution >= 4 is 35.0 Å². The zero-order chi connectivity index (χ0) is 17.4. The van der Waals surface area contributed by atoms with Gasteiger partial charge in [-0.25, -0.2) is 0 Å². The number of hydrogen-bond donors (Lipinski definition) is 1. The maximum atomic E-state index is 12.4. The fraction of sp³-hybridized carbons (Fsp3) is 0.529. The van der Waals surface area contributed by atoms with E-state index < -0.39 is 6.04 Å². The van der Waals surface area contributed by atoms with E-state index in [9.17, 15) is 9.59 Å². The summed E-state index contributed by atoms with van der Waals surface area (Å²) in [5, 5.41) is 3.81. The van der Waals surface area contributed by atoms with E-state index in [-0.39, 0.29) is 18.4 Å². The summed E-state index contributed by atoms with van der Waals surface area (Å²) in [6.07, 6.45) is 1.94. The molecule has 1 atom stereocenters. The first-order valence-electron chi connectivity index (χ1n) is 7.92. The van der Waals surface area contributed by atoms with E-state index in [0.717, 1.165) is 12.8 Å². The zero-order valence-electron chi connectivity index (χ0n) is 13.9. The number of nitrogens with one attached hydrogen (secondary N) is 1. The molecule has 0 aliphatic carbocycles. The van der Waals surface area contributed by atoms with Gasteiger partial charge in [-0.1, -0.05) is 43.1 Å². The predicted octanol–water partition coefficient (Wildman–Crippen LogP) is 4.04. The fourth-order valence-electron chi connectivity index (χ4n) is 2.19.